The van der Waals surface area contributed by atoms with Crippen molar-refractivity contribution in [2.24, 2.45) is 0 Å². The lowest BCUT2D eigenvalue weighted by molar-refractivity contribution is 0.102. The van der Waals surface area contributed by atoms with Crippen LogP contribution in [0.2, 0.25) is 0 Å². The molecular formula is C22H23N3O2. The van der Waals surface area contributed by atoms with Gasteiger partial charge in [0.1, 0.15) is 11.4 Å². The van der Waals surface area contributed by atoms with E-state index in [1.165, 1.54) is 5.56 Å². The molecule has 3 rings (SSSR count). The number of carbonyl (C=O) groups excluding carboxylic acids is 1. The lowest BCUT2D eigenvalue weighted by Gasteiger charge is -2.12. The predicted molar refractivity (Wildman–Crippen MR) is 109 cm³/mol. The van der Waals surface area contributed by atoms with Crippen molar-refractivity contribution in [1.29, 1.82) is 0 Å². The molecule has 138 valence electrons. The molecule has 0 aliphatic heterocycles. The largest absolute Gasteiger partial charge is 0.492 e. The van der Waals surface area contributed by atoms with Gasteiger partial charge in [-0.05, 0) is 55.3 Å². The molecular weight excluding hydrogens is 338 g/mol. The number of hydrogen-bond donors (Lipinski definition) is 2. The maximum atomic E-state index is 12.4. The van der Waals surface area contributed by atoms with E-state index >= 15 is 0 Å². The van der Waals surface area contributed by atoms with Crippen molar-refractivity contribution in [3.63, 3.8) is 0 Å². The van der Waals surface area contributed by atoms with Gasteiger partial charge < -0.3 is 15.4 Å². The number of aryl methyl sites for hydroxylation is 1. The van der Waals surface area contributed by atoms with Gasteiger partial charge in [-0.1, -0.05) is 31.2 Å². The standard InChI is InChI=1S/C22H23N3O2/c1-3-16-9-11-17(12-10-16)25-22(26)20-14-13-18(15-23-20)24-19-7-5-6-8-21(19)27-4-2/h5-15,24H,3-4H2,1-2H3,(H,25,26). The second-order valence-corrected chi connectivity index (χ2v) is 5.99. The molecule has 2 aromatic carbocycles. The summed E-state index contributed by atoms with van der Waals surface area (Å²) in [6, 6.07) is 19.0. The number of nitrogens with zero attached hydrogens (tertiary/aromatic N) is 1. The molecule has 0 spiro atoms. The second-order valence-electron chi connectivity index (χ2n) is 5.99. The average molecular weight is 361 g/mol. The Hall–Kier alpha value is -3.34. The predicted octanol–water partition coefficient (Wildman–Crippen LogP) is 5.04. The second kappa shape index (κ2) is 8.85. The molecule has 1 aromatic heterocycles. The lowest BCUT2D eigenvalue weighted by atomic mass is 10.1. The maximum absolute atomic E-state index is 12.4. The summed E-state index contributed by atoms with van der Waals surface area (Å²) in [6.45, 7) is 4.64. The molecule has 3 aromatic rings. The number of anilines is 3. The number of para-hydroxylation sites is 2. The van der Waals surface area contributed by atoms with Crippen LogP contribution in [-0.4, -0.2) is 17.5 Å². The number of aromatic nitrogens is 1. The van der Waals surface area contributed by atoms with Crippen molar-refractivity contribution >= 4 is 23.0 Å². The van der Waals surface area contributed by atoms with Crippen LogP contribution in [0.15, 0.2) is 66.9 Å². The molecule has 1 heterocycles. The SMILES string of the molecule is CCOc1ccccc1Nc1ccc(C(=O)Nc2ccc(CC)cc2)nc1. The van der Waals surface area contributed by atoms with Gasteiger partial charge in [0.25, 0.3) is 5.91 Å². The number of benzene rings is 2. The fraction of sp³-hybridized carbons (Fsp3) is 0.182. The Labute approximate surface area is 159 Å². The highest BCUT2D eigenvalue weighted by Crippen LogP contribution is 2.27. The molecule has 5 nitrogen and oxygen atoms in total. The number of amides is 1. The van der Waals surface area contributed by atoms with Crippen LogP contribution in [-0.2, 0) is 6.42 Å². The Kier molecular flexibility index (Phi) is 6.05. The fourth-order valence-electron chi connectivity index (χ4n) is 2.63. The van der Waals surface area contributed by atoms with Crippen molar-refractivity contribution < 1.29 is 9.53 Å². The minimum atomic E-state index is -0.236. The smallest absolute Gasteiger partial charge is 0.274 e. The third-order valence-electron chi connectivity index (χ3n) is 4.08. The van der Waals surface area contributed by atoms with Gasteiger partial charge in [-0.3, -0.25) is 4.79 Å². The van der Waals surface area contributed by atoms with Crippen LogP contribution >= 0.6 is 0 Å². The zero-order chi connectivity index (χ0) is 19.1. The third kappa shape index (κ3) is 4.85. The molecule has 0 saturated carbocycles. The molecule has 1 amide bonds. The van der Waals surface area contributed by atoms with Crippen molar-refractivity contribution in [2.75, 3.05) is 17.2 Å². The van der Waals surface area contributed by atoms with E-state index < -0.39 is 0 Å². The van der Waals surface area contributed by atoms with Gasteiger partial charge in [-0.25, -0.2) is 4.98 Å². The first-order chi connectivity index (χ1) is 13.2. The van der Waals surface area contributed by atoms with Crippen molar-refractivity contribution in [3.05, 3.63) is 78.1 Å². The summed E-state index contributed by atoms with van der Waals surface area (Å²) < 4.78 is 5.61. The zero-order valence-corrected chi connectivity index (χ0v) is 15.5. The number of ether oxygens (including phenoxy) is 1. The van der Waals surface area contributed by atoms with Gasteiger partial charge in [0.15, 0.2) is 0 Å². The quantitative estimate of drug-likeness (QED) is 0.619. The monoisotopic (exact) mass is 361 g/mol. The Morgan fingerprint density at radius 3 is 2.37 bits per heavy atom. The van der Waals surface area contributed by atoms with E-state index in [2.05, 4.69) is 22.5 Å². The summed E-state index contributed by atoms with van der Waals surface area (Å²) in [5.74, 6) is 0.540. The van der Waals surface area contributed by atoms with Crippen LogP contribution in [0.3, 0.4) is 0 Å². The molecule has 0 aliphatic rings. The number of hydrogen-bond acceptors (Lipinski definition) is 4. The van der Waals surface area contributed by atoms with E-state index in [-0.39, 0.29) is 5.91 Å². The molecule has 0 unspecified atom stereocenters. The fourth-order valence-corrected chi connectivity index (χ4v) is 2.63. The molecule has 0 aliphatic carbocycles. The van der Waals surface area contributed by atoms with Crippen LogP contribution in [0.5, 0.6) is 5.75 Å². The van der Waals surface area contributed by atoms with E-state index in [1.54, 1.807) is 12.3 Å². The van der Waals surface area contributed by atoms with E-state index in [4.69, 9.17) is 4.74 Å². The summed E-state index contributed by atoms with van der Waals surface area (Å²) in [5.41, 5.74) is 3.99. The number of rotatable bonds is 7. The van der Waals surface area contributed by atoms with Crippen molar-refractivity contribution in [3.8, 4) is 5.75 Å². The normalized spacial score (nSPS) is 10.3. The molecule has 5 heteroatoms. The highest BCUT2D eigenvalue weighted by molar-refractivity contribution is 6.03. The van der Waals surface area contributed by atoms with Crippen molar-refractivity contribution in [2.45, 2.75) is 20.3 Å². The van der Waals surface area contributed by atoms with Crippen LogP contribution in [0.4, 0.5) is 17.1 Å². The Balaban J connectivity index is 1.66. The highest BCUT2D eigenvalue weighted by atomic mass is 16.5. The first kappa shape index (κ1) is 18.5. The molecule has 2 N–H and O–H groups in total. The Morgan fingerprint density at radius 1 is 0.963 bits per heavy atom. The van der Waals surface area contributed by atoms with E-state index in [9.17, 15) is 4.79 Å². The van der Waals surface area contributed by atoms with E-state index in [0.29, 0.717) is 12.3 Å². The average Bonchev–Trinajstić information content (AvgIpc) is 2.71. The molecule has 27 heavy (non-hydrogen) atoms. The summed E-state index contributed by atoms with van der Waals surface area (Å²) >= 11 is 0. The summed E-state index contributed by atoms with van der Waals surface area (Å²) in [4.78, 5) is 16.6. The Bertz CT molecular complexity index is 890. The first-order valence-corrected chi connectivity index (χ1v) is 9.04. The molecule has 0 fully saturated rings. The van der Waals surface area contributed by atoms with Crippen LogP contribution in [0.25, 0.3) is 0 Å². The third-order valence-corrected chi connectivity index (χ3v) is 4.08. The summed E-state index contributed by atoms with van der Waals surface area (Å²) in [6.07, 6.45) is 2.61. The Morgan fingerprint density at radius 2 is 1.70 bits per heavy atom. The number of nitrogens with one attached hydrogen (secondary N) is 2. The van der Waals surface area contributed by atoms with Gasteiger partial charge >= 0.3 is 0 Å². The molecule has 0 bridgehead atoms. The van der Waals surface area contributed by atoms with Crippen LogP contribution in [0, 0.1) is 0 Å². The minimum absolute atomic E-state index is 0.236. The highest BCUT2D eigenvalue weighted by Gasteiger charge is 2.09. The van der Waals surface area contributed by atoms with Crippen molar-refractivity contribution in [1.82, 2.24) is 4.98 Å². The van der Waals surface area contributed by atoms with E-state index in [0.717, 1.165) is 29.2 Å². The van der Waals surface area contributed by atoms with Gasteiger partial charge in [-0.2, -0.15) is 0 Å². The summed E-state index contributed by atoms with van der Waals surface area (Å²) in [5, 5.41) is 6.13. The molecule has 0 saturated heterocycles. The van der Waals surface area contributed by atoms with Gasteiger partial charge in [0.2, 0.25) is 0 Å². The number of carbonyl (C=O) groups is 1. The number of pyridine rings is 1. The van der Waals surface area contributed by atoms with Gasteiger partial charge in [-0.15, -0.1) is 0 Å². The maximum Gasteiger partial charge on any atom is 0.274 e. The van der Waals surface area contributed by atoms with Crippen LogP contribution in [0.1, 0.15) is 29.9 Å². The van der Waals surface area contributed by atoms with E-state index in [1.807, 2.05) is 61.5 Å². The first-order valence-electron chi connectivity index (χ1n) is 9.04. The topological polar surface area (TPSA) is 63.2 Å². The molecule has 0 radical (unpaired) electrons. The lowest BCUT2D eigenvalue weighted by Crippen LogP contribution is -2.13. The summed E-state index contributed by atoms with van der Waals surface area (Å²) in [7, 11) is 0. The van der Waals surface area contributed by atoms with Gasteiger partial charge in [0, 0.05) is 5.69 Å². The van der Waals surface area contributed by atoms with Crippen LogP contribution < -0.4 is 15.4 Å². The zero-order valence-electron chi connectivity index (χ0n) is 15.5. The minimum Gasteiger partial charge on any atom is -0.492 e. The molecule has 0 atom stereocenters. The van der Waals surface area contributed by atoms with Gasteiger partial charge in [0.05, 0.1) is 24.2 Å².